The Morgan fingerprint density at radius 3 is 1.05 bits per heavy atom. The van der Waals surface area contributed by atoms with Crippen LogP contribution in [0.3, 0.4) is 0 Å². The van der Waals surface area contributed by atoms with E-state index < -0.39 is 0 Å². The van der Waals surface area contributed by atoms with E-state index in [4.69, 9.17) is 9.47 Å². The summed E-state index contributed by atoms with van der Waals surface area (Å²) in [4.78, 5) is 22.4. The molecular formula is C33H66O4. The van der Waals surface area contributed by atoms with E-state index in [0.717, 1.165) is 12.8 Å². The largest absolute Gasteiger partial charge is 0.466 e. The fourth-order valence-electron chi connectivity index (χ4n) is 4.42. The molecule has 222 valence electrons. The van der Waals surface area contributed by atoms with Gasteiger partial charge >= 0.3 is 11.9 Å². The van der Waals surface area contributed by atoms with E-state index >= 15 is 0 Å². The molecule has 0 aromatic heterocycles. The first-order valence-electron chi connectivity index (χ1n) is 16.3. The second-order valence-electron chi connectivity index (χ2n) is 10.9. The van der Waals surface area contributed by atoms with Gasteiger partial charge in [-0.3, -0.25) is 9.59 Å². The molecule has 0 amide bonds. The zero-order valence-corrected chi connectivity index (χ0v) is 25.9. The van der Waals surface area contributed by atoms with Gasteiger partial charge in [-0.05, 0) is 33.6 Å². The van der Waals surface area contributed by atoms with Gasteiger partial charge in [0.15, 0.2) is 0 Å². The van der Waals surface area contributed by atoms with Crippen molar-refractivity contribution in [3.05, 3.63) is 0 Å². The van der Waals surface area contributed by atoms with Crippen LogP contribution in [0, 0.1) is 0 Å². The third kappa shape index (κ3) is 37.2. The molecule has 4 heteroatoms. The van der Waals surface area contributed by atoms with Crippen LogP contribution in [-0.2, 0) is 19.1 Å². The highest BCUT2D eigenvalue weighted by Gasteiger charge is 2.04. The number of esters is 2. The van der Waals surface area contributed by atoms with Crippen molar-refractivity contribution in [1.82, 2.24) is 0 Å². The Balaban J connectivity index is 0. The molecule has 0 saturated heterocycles. The maximum Gasteiger partial charge on any atom is 0.306 e. The van der Waals surface area contributed by atoms with E-state index in [-0.39, 0.29) is 18.0 Å². The zero-order valence-electron chi connectivity index (χ0n) is 25.9. The minimum absolute atomic E-state index is 0.0273. The van der Waals surface area contributed by atoms with Crippen molar-refractivity contribution < 1.29 is 19.1 Å². The quantitative estimate of drug-likeness (QED) is 0.0830. The molecule has 37 heavy (non-hydrogen) atoms. The predicted molar refractivity (Wildman–Crippen MR) is 160 cm³/mol. The Kier molecular flexibility index (Phi) is 33.9. The fraction of sp³-hybridized carbons (Fsp3) is 0.939. The topological polar surface area (TPSA) is 52.6 Å². The van der Waals surface area contributed by atoms with E-state index in [2.05, 4.69) is 13.8 Å². The number of carbonyl (C=O) groups excluding carboxylic acids is 2. The Morgan fingerprint density at radius 2 is 0.757 bits per heavy atom. The second kappa shape index (κ2) is 33.0. The highest BCUT2D eigenvalue weighted by atomic mass is 16.5. The molecule has 0 heterocycles. The Bertz CT molecular complexity index is 461. The highest BCUT2D eigenvalue weighted by Crippen LogP contribution is 2.13. The van der Waals surface area contributed by atoms with Crippen LogP contribution in [-0.4, -0.2) is 24.6 Å². The molecule has 0 saturated carbocycles. The standard InChI is InChI=1S/C19H38O2.C14H28O2/c1-4-5-6-7-8-9-10-11-12-13-14-15-16-17-19(20)21-18(2)3;1-3-5-6-7-8-9-10-11-12-13-14(15)16-4-2/h18H,4-17H2,1-3H3;3-13H2,1-2H3. The van der Waals surface area contributed by atoms with Crippen molar-refractivity contribution in [1.29, 1.82) is 0 Å². The van der Waals surface area contributed by atoms with Gasteiger partial charge in [0.2, 0.25) is 0 Å². The summed E-state index contributed by atoms with van der Waals surface area (Å²) in [5.41, 5.74) is 0. The first-order valence-corrected chi connectivity index (χ1v) is 16.3. The zero-order chi connectivity index (χ0) is 27.8. The SMILES string of the molecule is CCCCCCCCCCCC(=O)OCC.CCCCCCCCCCCCCCCC(=O)OC(C)C. The third-order valence-electron chi connectivity index (χ3n) is 6.64. The van der Waals surface area contributed by atoms with Crippen LogP contribution in [0.25, 0.3) is 0 Å². The first kappa shape index (κ1) is 38.1. The average molecular weight is 527 g/mol. The minimum Gasteiger partial charge on any atom is -0.466 e. The van der Waals surface area contributed by atoms with Crippen molar-refractivity contribution in [3.8, 4) is 0 Å². The molecule has 0 aliphatic rings. The summed E-state index contributed by atoms with van der Waals surface area (Å²) < 4.78 is 9.99. The van der Waals surface area contributed by atoms with Crippen molar-refractivity contribution in [2.24, 2.45) is 0 Å². The molecule has 0 radical (unpaired) electrons. The van der Waals surface area contributed by atoms with E-state index in [0.29, 0.717) is 19.4 Å². The molecule has 4 nitrogen and oxygen atoms in total. The Labute approximate surface area is 232 Å². The summed E-state index contributed by atoms with van der Waals surface area (Å²) >= 11 is 0. The molecule has 0 aromatic carbocycles. The third-order valence-corrected chi connectivity index (χ3v) is 6.64. The summed E-state index contributed by atoms with van der Waals surface area (Å²) in [6.45, 7) is 10.7. The maximum atomic E-state index is 11.3. The second-order valence-corrected chi connectivity index (χ2v) is 10.9. The van der Waals surface area contributed by atoms with E-state index in [9.17, 15) is 9.59 Å². The molecule has 0 aromatic rings. The van der Waals surface area contributed by atoms with Crippen molar-refractivity contribution in [3.63, 3.8) is 0 Å². The van der Waals surface area contributed by atoms with Gasteiger partial charge in [-0.1, -0.05) is 142 Å². The lowest BCUT2D eigenvalue weighted by Crippen LogP contribution is -2.10. The van der Waals surface area contributed by atoms with Crippen LogP contribution >= 0.6 is 0 Å². The van der Waals surface area contributed by atoms with Gasteiger partial charge in [-0.15, -0.1) is 0 Å². The van der Waals surface area contributed by atoms with E-state index in [1.807, 2.05) is 20.8 Å². The first-order chi connectivity index (χ1) is 18.0. The lowest BCUT2D eigenvalue weighted by molar-refractivity contribution is -0.147. The normalized spacial score (nSPS) is 10.8. The van der Waals surface area contributed by atoms with Gasteiger partial charge in [-0.25, -0.2) is 0 Å². The van der Waals surface area contributed by atoms with Crippen LogP contribution in [0.1, 0.15) is 189 Å². The van der Waals surface area contributed by atoms with E-state index in [1.54, 1.807) is 0 Å². The van der Waals surface area contributed by atoms with Crippen LogP contribution in [0.4, 0.5) is 0 Å². The molecule has 0 N–H and O–H groups in total. The van der Waals surface area contributed by atoms with E-state index in [1.165, 1.54) is 128 Å². The molecule has 0 atom stereocenters. The van der Waals surface area contributed by atoms with Crippen LogP contribution in [0.5, 0.6) is 0 Å². The Morgan fingerprint density at radius 1 is 0.459 bits per heavy atom. The summed E-state index contributed by atoms with van der Waals surface area (Å²) in [6, 6.07) is 0. The van der Waals surface area contributed by atoms with Crippen LogP contribution in [0.2, 0.25) is 0 Å². The highest BCUT2D eigenvalue weighted by molar-refractivity contribution is 5.69. The molecule has 0 aliphatic heterocycles. The number of hydrogen-bond acceptors (Lipinski definition) is 4. The van der Waals surface area contributed by atoms with Crippen molar-refractivity contribution >= 4 is 11.9 Å². The Hall–Kier alpha value is -1.06. The number of hydrogen-bond donors (Lipinski definition) is 0. The summed E-state index contributed by atoms with van der Waals surface area (Å²) in [5.74, 6) is -0.0708. The van der Waals surface area contributed by atoms with Gasteiger partial charge < -0.3 is 9.47 Å². The lowest BCUT2D eigenvalue weighted by atomic mass is 10.0. The van der Waals surface area contributed by atoms with Crippen molar-refractivity contribution in [2.45, 2.75) is 195 Å². The number of unbranched alkanes of at least 4 members (excludes halogenated alkanes) is 20. The fourth-order valence-corrected chi connectivity index (χ4v) is 4.42. The van der Waals surface area contributed by atoms with Crippen LogP contribution < -0.4 is 0 Å². The molecule has 0 bridgehead atoms. The van der Waals surface area contributed by atoms with Gasteiger partial charge in [0.05, 0.1) is 12.7 Å². The predicted octanol–water partition coefficient (Wildman–Crippen LogP) is 10.9. The minimum atomic E-state index is -0.0366. The molecule has 0 rings (SSSR count). The summed E-state index contributed by atoms with van der Waals surface area (Å²) in [6.07, 6.45) is 30.2. The number of ether oxygens (including phenoxy) is 2. The van der Waals surface area contributed by atoms with Gasteiger partial charge in [0, 0.05) is 12.8 Å². The van der Waals surface area contributed by atoms with Crippen molar-refractivity contribution in [2.75, 3.05) is 6.61 Å². The van der Waals surface area contributed by atoms with Gasteiger partial charge in [0.25, 0.3) is 0 Å². The smallest absolute Gasteiger partial charge is 0.306 e. The summed E-state index contributed by atoms with van der Waals surface area (Å²) in [5, 5.41) is 0. The molecule has 0 spiro atoms. The monoisotopic (exact) mass is 526 g/mol. The lowest BCUT2D eigenvalue weighted by Gasteiger charge is -2.07. The molecule has 0 unspecified atom stereocenters. The molecular weight excluding hydrogens is 460 g/mol. The van der Waals surface area contributed by atoms with Gasteiger partial charge in [0.1, 0.15) is 0 Å². The molecule has 0 fully saturated rings. The van der Waals surface area contributed by atoms with Crippen LogP contribution in [0.15, 0.2) is 0 Å². The van der Waals surface area contributed by atoms with Gasteiger partial charge in [-0.2, -0.15) is 0 Å². The molecule has 0 aliphatic carbocycles. The number of carbonyl (C=O) groups is 2. The maximum absolute atomic E-state index is 11.3. The summed E-state index contributed by atoms with van der Waals surface area (Å²) in [7, 11) is 0. The number of rotatable bonds is 26. The average Bonchev–Trinajstić information content (AvgIpc) is 2.86.